The lowest BCUT2D eigenvalue weighted by Gasteiger charge is -2.11. The summed E-state index contributed by atoms with van der Waals surface area (Å²) in [5, 5.41) is 1.76. The minimum atomic E-state index is -0.158. The van der Waals surface area contributed by atoms with Gasteiger partial charge in [0.05, 0.1) is 7.11 Å². The smallest absolute Gasteiger partial charge is 0.130 e. The Balaban J connectivity index is 2.37. The van der Waals surface area contributed by atoms with Gasteiger partial charge in [0.15, 0.2) is 0 Å². The number of ether oxygens (including phenoxy) is 1. The van der Waals surface area contributed by atoms with Gasteiger partial charge in [0.2, 0.25) is 0 Å². The molecule has 2 aromatic carbocycles. The average molecular weight is 248 g/mol. The van der Waals surface area contributed by atoms with Gasteiger partial charge in [-0.05, 0) is 18.6 Å². The highest BCUT2D eigenvalue weighted by Gasteiger charge is 2.08. The highest BCUT2D eigenvalue weighted by molar-refractivity contribution is 7.55. The van der Waals surface area contributed by atoms with Crippen LogP contribution in [0.25, 0.3) is 0 Å². The number of hydrogen-bond acceptors (Lipinski definition) is 1. The molecule has 2 rings (SSSR count). The molecule has 0 saturated carbocycles. The lowest BCUT2D eigenvalue weighted by atomic mass is 10.2. The molecule has 0 radical (unpaired) electrons. The molecule has 1 nitrogen and oxygen atoms in total. The van der Waals surface area contributed by atoms with E-state index in [1.54, 1.807) is 13.2 Å². The first-order valence-corrected chi connectivity index (χ1v) is 6.37. The number of rotatable bonds is 3. The average Bonchev–Trinajstić information content (AvgIpc) is 2.32. The Hall–Kier alpha value is -1.40. The summed E-state index contributed by atoms with van der Waals surface area (Å²) in [4.78, 5) is 0. The van der Waals surface area contributed by atoms with Crippen molar-refractivity contribution in [3.63, 3.8) is 0 Å². The van der Waals surface area contributed by atoms with Crippen molar-refractivity contribution < 1.29 is 9.13 Å². The fourth-order valence-electron chi connectivity index (χ4n) is 1.73. The van der Waals surface area contributed by atoms with Gasteiger partial charge in [0.25, 0.3) is 0 Å². The van der Waals surface area contributed by atoms with E-state index < -0.39 is 0 Å². The summed E-state index contributed by atoms with van der Waals surface area (Å²) in [6.45, 7) is 1.99. The monoisotopic (exact) mass is 248 g/mol. The van der Waals surface area contributed by atoms with Crippen LogP contribution < -0.4 is 15.3 Å². The topological polar surface area (TPSA) is 9.23 Å². The van der Waals surface area contributed by atoms with Crippen molar-refractivity contribution in [3.8, 4) is 5.75 Å². The van der Waals surface area contributed by atoms with Crippen LogP contribution in [0.2, 0.25) is 0 Å². The first kappa shape index (κ1) is 12.1. The van der Waals surface area contributed by atoms with Gasteiger partial charge >= 0.3 is 0 Å². The third-order valence-corrected chi connectivity index (χ3v) is 3.90. The molecule has 3 heteroatoms. The standard InChI is InChI=1S/C14H14FOP/c1-10-6-5-9-13(14(10)16-2)17-12-8-4-3-7-11(12)15/h3-9,17H,1-2H3. The van der Waals surface area contributed by atoms with Crippen LogP contribution in [0.5, 0.6) is 5.75 Å². The summed E-state index contributed by atoms with van der Waals surface area (Å²) in [5.74, 6) is 0.698. The normalized spacial score (nSPS) is 11.0. The number of aryl methyl sites for hydroxylation is 1. The SMILES string of the molecule is COc1c(C)cccc1Pc1ccccc1F. The molecule has 0 spiro atoms. The van der Waals surface area contributed by atoms with Crippen LogP contribution >= 0.6 is 8.58 Å². The number of benzene rings is 2. The van der Waals surface area contributed by atoms with E-state index in [1.807, 2.05) is 37.3 Å². The van der Waals surface area contributed by atoms with E-state index >= 15 is 0 Å². The third kappa shape index (κ3) is 2.65. The zero-order valence-electron chi connectivity index (χ0n) is 9.83. The van der Waals surface area contributed by atoms with Crippen LogP contribution in [0.15, 0.2) is 42.5 Å². The van der Waals surface area contributed by atoms with Gasteiger partial charge < -0.3 is 4.74 Å². The van der Waals surface area contributed by atoms with Crippen molar-refractivity contribution in [2.24, 2.45) is 0 Å². The highest BCUT2D eigenvalue weighted by atomic mass is 31.1. The van der Waals surface area contributed by atoms with E-state index in [9.17, 15) is 4.39 Å². The maximum atomic E-state index is 13.6. The Bertz CT molecular complexity index is 525. The minimum Gasteiger partial charge on any atom is -0.496 e. The molecule has 0 amide bonds. The van der Waals surface area contributed by atoms with Gasteiger partial charge in [-0.2, -0.15) is 0 Å². The molecule has 0 aliphatic carbocycles. The Morgan fingerprint density at radius 1 is 1.00 bits per heavy atom. The summed E-state index contributed by atoms with van der Waals surface area (Å²) in [5.41, 5.74) is 1.08. The second-order valence-corrected chi connectivity index (χ2v) is 5.09. The third-order valence-electron chi connectivity index (χ3n) is 2.56. The van der Waals surface area contributed by atoms with E-state index in [0.29, 0.717) is 0 Å². The number of para-hydroxylation sites is 1. The Labute approximate surface area is 102 Å². The number of methoxy groups -OCH3 is 1. The lowest BCUT2D eigenvalue weighted by Crippen LogP contribution is -2.10. The van der Waals surface area contributed by atoms with Gasteiger partial charge in [-0.15, -0.1) is 0 Å². The molecule has 1 unspecified atom stereocenters. The van der Waals surface area contributed by atoms with Crippen molar-refractivity contribution in [2.45, 2.75) is 6.92 Å². The molecule has 17 heavy (non-hydrogen) atoms. The van der Waals surface area contributed by atoms with Gasteiger partial charge in [-0.25, -0.2) is 4.39 Å². The molecular weight excluding hydrogens is 234 g/mol. The number of halogens is 1. The zero-order valence-corrected chi connectivity index (χ0v) is 10.8. The van der Waals surface area contributed by atoms with E-state index in [1.165, 1.54) is 6.07 Å². The summed E-state index contributed by atoms with van der Waals surface area (Å²) >= 11 is 0. The summed E-state index contributed by atoms with van der Waals surface area (Å²) in [6, 6.07) is 12.8. The Morgan fingerprint density at radius 2 is 1.71 bits per heavy atom. The Kier molecular flexibility index (Phi) is 3.75. The van der Waals surface area contributed by atoms with Crippen LogP contribution in [0, 0.1) is 12.7 Å². The van der Waals surface area contributed by atoms with Gasteiger partial charge in [0, 0.05) is 10.6 Å². The van der Waals surface area contributed by atoms with E-state index in [-0.39, 0.29) is 14.4 Å². The first-order chi connectivity index (χ1) is 8.22. The summed E-state index contributed by atoms with van der Waals surface area (Å²) in [6.07, 6.45) is 0. The van der Waals surface area contributed by atoms with Crippen LogP contribution in [0.4, 0.5) is 4.39 Å². The molecule has 0 heterocycles. The number of hydrogen-bond donors (Lipinski definition) is 0. The molecule has 0 saturated heterocycles. The second-order valence-electron chi connectivity index (χ2n) is 3.76. The van der Waals surface area contributed by atoms with Crippen LogP contribution in [-0.4, -0.2) is 7.11 Å². The van der Waals surface area contributed by atoms with Crippen LogP contribution in [0.3, 0.4) is 0 Å². The predicted molar refractivity (Wildman–Crippen MR) is 71.7 cm³/mol. The van der Waals surface area contributed by atoms with Crippen molar-refractivity contribution >= 4 is 19.2 Å². The summed E-state index contributed by atoms with van der Waals surface area (Å²) in [7, 11) is 1.93. The molecule has 0 aromatic heterocycles. The molecule has 88 valence electrons. The summed E-state index contributed by atoms with van der Waals surface area (Å²) < 4.78 is 19.0. The predicted octanol–water partition coefficient (Wildman–Crippen LogP) is 2.77. The first-order valence-electron chi connectivity index (χ1n) is 5.37. The highest BCUT2D eigenvalue weighted by Crippen LogP contribution is 2.23. The minimum absolute atomic E-state index is 0.158. The molecule has 0 aliphatic rings. The molecule has 2 aromatic rings. The second kappa shape index (κ2) is 5.29. The quantitative estimate of drug-likeness (QED) is 0.759. The van der Waals surface area contributed by atoms with Gasteiger partial charge in [-0.1, -0.05) is 45.0 Å². The zero-order chi connectivity index (χ0) is 12.3. The van der Waals surface area contributed by atoms with Crippen LogP contribution in [0.1, 0.15) is 5.56 Å². The molecule has 0 aliphatic heterocycles. The van der Waals surface area contributed by atoms with Crippen molar-refractivity contribution in [2.75, 3.05) is 7.11 Å². The van der Waals surface area contributed by atoms with Crippen molar-refractivity contribution in [3.05, 3.63) is 53.8 Å². The van der Waals surface area contributed by atoms with Crippen LogP contribution in [-0.2, 0) is 0 Å². The van der Waals surface area contributed by atoms with Gasteiger partial charge in [-0.3, -0.25) is 0 Å². The molecular formula is C14H14FOP. The van der Waals surface area contributed by atoms with E-state index in [0.717, 1.165) is 21.9 Å². The molecule has 0 N–H and O–H groups in total. The maximum absolute atomic E-state index is 13.6. The van der Waals surface area contributed by atoms with E-state index in [2.05, 4.69) is 0 Å². The molecule has 0 fully saturated rings. The lowest BCUT2D eigenvalue weighted by molar-refractivity contribution is 0.415. The van der Waals surface area contributed by atoms with Crippen molar-refractivity contribution in [1.29, 1.82) is 0 Å². The largest absolute Gasteiger partial charge is 0.496 e. The fourth-order valence-corrected chi connectivity index (χ4v) is 2.99. The van der Waals surface area contributed by atoms with E-state index in [4.69, 9.17) is 4.74 Å². The molecule has 0 bridgehead atoms. The van der Waals surface area contributed by atoms with Gasteiger partial charge in [0.1, 0.15) is 11.6 Å². The Morgan fingerprint density at radius 3 is 2.41 bits per heavy atom. The maximum Gasteiger partial charge on any atom is 0.130 e. The van der Waals surface area contributed by atoms with Crippen molar-refractivity contribution in [1.82, 2.24) is 0 Å². The fraction of sp³-hybridized carbons (Fsp3) is 0.143. The molecule has 1 atom stereocenters.